The summed E-state index contributed by atoms with van der Waals surface area (Å²) in [4.78, 5) is 25.9. The lowest BCUT2D eigenvalue weighted by atomic mass is 10.0. The van der Waals surface area contributed by atoms with E-state index in [4.69, 9.17) is 10.4 Å². The molecule has 0 bridgehead atoms. The SMILES string of the molecule is N#CCC(=Cc1ccc(-c2ccccn2)cc1[N+](=O)[O-])C(=O)O. The Kier molecular flexibility index (Phi) is 4.79. The van der Waals surface area contributed by atoms with E-state index >= 15 is 0 Å². The van der Waals surface area contributed by atoms with E-state index in [2.05, 4.69) is 4.98 Å². The average Bonchev–Trinajstić information content (AvgIpc) is 2.55. The van der Waals surface area contributed by atoms with Crippen molar-refractivity contribution in [3.63, 3.8) is 0 Å². The van der Waals surface area contributed by atoms with E-state index in [1.165, 1.54) is 12.1 Å². The van der Waals surface area contributed by atoms with Crippen LogP contribution in [0.4, 0.5) is 5.69 Å². The summed E-state index contributed by atoms with van der Waals surface area (Å²) < 4.78 is 0. The minimum Gasteiger partial charge on any atom is -0.478 e. The quantitative estimate of drug-likeness (QED) is 0.515. The van der Waals surface area contributed by atoms with Gasteiger partial charge in [-0.15, -0.1) is 0 Å². The summed E-state index contributed by atoms with van der Waals surface area (Å²) in [6, 6.07) is 11.3. The first-order valence-corrected chi connectivity index (χ1v) is 6.53. The molecule has 7 nitrogen and oxygen atoms in total. The van der Waals surface area contributed by atoms with Crippen molar-refractivity contribution in [2.45, 2.75) is 6.42 Å². The summed E-state index contributed by atoms with van der Waals surface area (Å²) in [6.45, 7) is 0. The minimum atomic E-state index is -1.28. The van der Waals surface area contributed by atoms with Gasteiger partial charge in [0, 0.05) is 17.8 Å². The van der Waals surface area contributed by atoms with E-state index in [9.17, 15) is 14.9 Å². The van der Waals surface area contributed by atoms with Crippen molar-refractivity contribution in [2.24, 2.45) is 0 Å². The van der Waals surface area contributed by atoms with E-state index in [-0.39, 0.29) is 23.2 Å². The lowest BCUT2D eigenvalue weighted by molar-refractivity contribution is -0.385. The summed E-state index contributed by atoms with van der Waals surface area (Å²) in [6.07, 6.45) is 2.38. The number of nitro benzene ring substituents is 1. The maximum atomic E-state index is 11.3. The molecule has 0 aliphatic rings. The van der Waals surface area contributed by atoms with Crippen LogP contribution < -0.4 is 0 Å². The number of carboxylic acid groups (broad SMARTS) is 1. The Hall–Kier alpha value is -3.53. The number of aromatic nitrogens is 1. The van der Waals surface area contributed by atoms with Crippen LogP contribution in [0.1, 0.15) is 12.0 Å². The van der Waals surface area contributed by atoms with Crippen molar-refractivity contribution in [3.05, 3.63) is 63.8 Å². The maximum Gasteiger partial charge on any atom is 0.332 e. The molecule has 2 aromatic rings. The lowest BCUT2D eigenvalue weighted by Gasteiger charge is -2.04. The van der Waals surface area contributed by atoms with E-state index < -0.39 is 10.9 Å². The number of nitro groups is 1. The zero-order valence-electron chi connectivity index (χ0n) is 11.8. The molecule has 0 radical (unpaired) electrons. The molecule has 114 valence electrons. The fourth-order valence-corrected chi connectivity index (χ4v) is 1.98. The molecule has 1 N–H and O–H groups in total. The predicted octanol–water partition coefficient (Wildman–Crippen LogP) is 3.04. The smallest absolute Gasteiger partial charge is 0.332 e. The summed E-state index contributed by atoms with van der Waals surface area (Å²) in [5, 5.41) is 28.9. The van der Waals surface area contributed by atoms with Gasteiger partial charge in [-0.05, 0) is 24.3 Å². The van der Waals surface area contributed by atoms with Crippen LogP contribution in [0.15, 0.2) is 48.2 Å². The molecule has 0 saturated heterocycles. The number of nitrogens with zero attached hydrogens (tertiary/aromatic N) is 3. The zero-order valence-corrected chi connectivity index (χ0v) is 11.8. The lowest BCUT2D eigenvalue weighted by Crippen LogP contribution is -2.00. The molecule has 0 amide bonds. The van der Waals surface area contributed by atoms with Crippen LogP contribution in [-0.2, 0) is 4.79 Å². The van der Waals surface area contributed by atoms with E-state index in [0.717, 1.165) is 6.08 Å². The van der Waals surface area contributed by atoms with Crippen LogP contribution >= 0.6 is 0 Å². The highest BCUT2D eigenvalue weighted by molar-refractivity contribution is 5.93. The standard InChI is InChI=1S/C16H11N3O4/c17-7-6-13(16(20)21)9-12-5-4-11(10-15(12)19(22)23)14-3-1-2-8-18-14/h1-5,8-10H,6H2,(H,20,21). The van der Waals surface area contributed by atoms with Crippen molar-refractivity contribution >= 4 is 17.7 Å². The van der Waals surface area contributed by atoms with Crippen molar-refractivity contribution < 1.29 is 14.8 Å². The number of aliphatic carboxylic acids is 1. The Balaban J connectivity index is 2.54. The topological polar surface area (TPSA) is 117 Å². The van der Waals surface area contributed by atoms with Crippen molar-refractivity contribution in [2.75, 3.05) is 0 Å². The Morgan fingerprint density at radius 1 is 1.39 bits per heavy atom. The van der Waals surface area contributed by atoms with Crippen molar-refractivity contribution in [3.8, 4) is 17.3 Å². The molecule has 0 saturated carbocycles. The predicted molar refractivity (Wildman–Crippen MR) is 82.2 cm³/mol. The highest BCUT2D eigenvalue weighted by Crippen LogP contribution is 2.28. The highest BCUT2D eigenvalue weighted by Gasteiger charge is 2.16. The van der Waals surface area contributed by atoms with E-state index in [1.807, 2.05) is 0 Å². The van der Waals surface area contributed by atoms with Crippen LogP contribution in [0.25, 0.3) is 17.3 Å². The molecule has 1 heterocycles. The third-order valence-electron chi connectivity index (χ3n) is 3.06. The molecule has 23 heavy (non-hydrogen) atoms. The fourth-order valence-electron chi connectivity index (χ4n) is 1.98. The second-order valence-corrected chi connectivity index (χ2v) is 4.56. The number of rotatable bonds is 5. The van der Waals surface area contributed by atoms with Crippen LogP contribution in [0, 0.1) is 21.4 Å². The van der Waals surface area contributed by atoms with Gasteiger partial charge < -0.3 is 5.11 Å². The van der Waals surface area contributed by atoms with Gasteiger partial charge in [0.05, 0.1) is 34.2 Å². The molecule has 7 heteroatoms. The monoisotopic (exact) mass is 309 g/mol. The number of hydrogen-bond acceptors (Lipinski definition) is 5. The first-order valence-electron chi connectivity index (χ1n) is 6.53. The number of carbonyl (C=O) groups is 1. The normalized spacial score (nSPS) is 10.8. The molecule has 0 fully saturated rings. The molecule has 1 aromatic heterocycles. The van der Waals surface area contributed by atoms with Gasteiger partial charge in [-0.2, -0.15) is 5.26 Å². The molecular formula is C16H11N3O4. The minimum absolute atomic E-state index is 0.127. The molecule has 2 rings (SSSR count). The molecule has 1 aromatic carbocycles. The van der Waals surface area contributed by atoms with Gasteiger partial charge in [0.25, 0.3) is 5.69 Å². The number of carboxylic acids is 1. The molecule has 0 spiro atoms. The maximum absolute atomic E-state index is 11.3. The summed E-state index contributed by atoms with van der Waals surface area (Å²) in [5.41, 5.74) is 0.793. The number of benzene rings is 1. The van der Waals surface area contributed by atoms with Crippen LogP contribution in [0.5, 0.6) is 0 Å². The van der Waals surface area contributed by atoms with Crippen LogP contribution in [0.3, 0.4) is 0 Å². The Bertz CT molecular complexity index is 823. The number of hydrogen-bond donors (Lipinski definition) is 1. The Labute approximate surface area is 131 Å². The van der Waals surface area contributed by atoms with E-state index in [0.29, 0.717) is 11.3 Å². The van der Waals surface area contributed by atoms with Crippen LogP contribution in [-0.4, -0.2) is 21.0 Å². The highest BCUT2D eigenvalue weighted by atomic mass is 16.6. The Morgan fingerprint density at radius 2 is 2.17 bits per heavy atom. The van der Waals surface area contributed by atoms with Crippen molar-refractivity contribution in [1.29, 1.82) is 5.26 Å². The van der Waals surface area contributed by atoms with Gasteiger partial charge in [-0.1, -0.05) is 12.1 Å². The first-order chi connectivity index (χ1) is 11.0. The second-order valence-electron chi connectivity index (χ2n) is 4.56. The van der Waals surface area contributed by atoms with Crippen molar-refractivity contribution in [1.82, 2.24) is 4.98 Å². The number of pyridine rings is 1. The molecule has 0 unspecified atom stereocenters. The van der Waals surface area contributed by atoms with Gasteiger partial charge in [0.1, 0.15) is 0 Å². The molecular weight excluding hydrogens is 298 g/mol. The van der Waals surface area contributed by atoms with Gasteiger partial charge in [0.15, 0.2) is 0 Å². The fraction of sp³-hybridized carbons (Fsp3) is 0.0625. The summed E-state index contributed by atoms with van der Waals surface area (Å²) in [7, 11) is 0. The van der Waals surface area contributed by atoms with E-state index in [1.54, 1.807) is 36.5 Å². The van der Waals surface area contributed by atoms with Crippen LogP contribution in [0.2, 0.25) is 0 Å². The Morgan fingerprint density at radius 3 is 2.74 bits per heavy atom. The van der Waals surface area contributed by atoms with Gasteiger partial charge in [0.2, 0.25) is 0 Å². The average molecular weight is 309 g/mol. The largest absolute Gasteiger partial charge is 0.478 e. The zero-order chi connectivity index (χ0) is 16.8. The summed E-state index contributed by atoms with van der Waals surface area (Å²) >= 11 is 0. The number of nitriles is 1. The molecule has 0 atom stereocenters. The van der Waals surface area contributed by atoms with Gasteiger partial charge >= 0.3 is 5.97 Å². The third-order valence-corrected chi connectivity index (χ3v) is 3.06. The molecule has 0 aliphatic carbocycles. The summed E-state index contributed by atoms with van der Waals surface area (Å²) in [5.74, 6) is -1.28. The van der Waals surface area contributed by atoms with Gasteiger partial charge in [-0.25, -0.2) is 4.79 Å². The molecule has 0 aliphatic heterocycles. The first kappa shape index (κ1) is 15.9. The van der Waals surface area contributed by atoms with Gasteiger partial charge in [-0.3, -0.25) is 15.1 Å². The second kappa shape index (κ2) is 6.95. The third kappa shape index (κ3) is 3.77.